The van der Waals surface area contributed by atoms with E-state index in [0.29, 0.717) is 23.7 Å². The number of likely N-dealkylation sites (N-methyl/N-ethyl adjacent to an activating group) is 1. The van der Waals surface area contributed by atoms with Gasteiger partial charge in [0.05, 0.1) is 17.3 Å². The fourth-order valence-corrected chi connectivity index (χ4v) is 4.29. The third kappa shape index (κ3) is 3.38. The maximum absolute atomic E-state index is 12.8. The summed E-state index contributed by atoms with van der Waals surface area (Å²) in [5, 5.41) is 2.91. The number of anilines is 2. The van der Waals surface area contributed by atoms with E-state index in [1.807, 2.05) is 4.90 Å². The van der Waals surface area contributed by atoms with Gasteiger partial charge in [0, 0.05) is 26.1 Å². The number of nitrogens with one attached hydrogen (secondary N) is 1. The second kappa shape index (κ2) is 7.21. The Morgan fingerprint density at radius 1 is 1.15 bits per heavy atom. The highest BCUT2D eigenvalue weighted by atomic mass is 16.5. The maximum Gasteiger partial charge on any atom is 0.264 e. The van der Waals surface area contributed by atoms with Crippen LogP contribution in [0.2, 0.25) is 0 Å². The number of likely N-dealkylation sites (tertiary alicyclic amines) is 1. The Balaban J connectivity index is 1.46. The van der Waals surface area contributed by atoms with Gasteiger partial charge in [-0.3, -0.25) is 14.4 Å². The summed E-state index contributed by atoms with van der Waals surface area (Å²) in [5.74, 6) is -0.0629. The van der Waals surface area contributed by atoms with Crippen molar-refractivity contribution < 1.29 is 19.1 Å². The van der Waals surface area contributed by atoms with Crippen LogP contribution in [0.4, 0.5) is 11.4 Å². The van der Waals surface area contributed by atoms with E-state index in [-0.39, 0.29) is 42.7 Å². The monoisotopic (exact) mass is 371 g/mol. The Labute approximate surface area is 158 Å². The molecule has 0 radical (unpaired) electrons. The van der Waals surface area contributed by atoms with Crippen molar-refractivity contribution in [3.8, 4) is 5.75 Å². The molecule has 1 aliphatic carbocycles. The molecule has 144 valence electrons. The molecule has 7 heteroatoms. The number of rotatable bonds is 3. The highest BCUT2D eigenvalue weighted by Crippen LogP contribution is 2.38. The molecular weight excluding hydrogens is 346 g/mol. The van der Waals surface area contributed by atoms with Crippen molar-refractivity contribution in [2.24, 2.45) is 5.92 Å². The lowest BCUT2D eigenvalue weighted by Crippen LogP contribution is -2.38. The van der Waals surface area contributed by atoms with E-state index in [9.17, 15) is 14.4 Å². The second-order valence-electron chi connectivity index (χ2n) is 7.62. The van der Waals surface area contributed by atoms with Gasteiger partial charge in [-0.1, -0.05) is 25.3 Å². The maximum atomic E-state index is 12.8. The average Bonchev–Trinajstić information content (AvgIpc) is 3.08. The Morgan fingerprint density at radius 3 is 2.70 bits per heavy atom. The number of carbonyl (C=O) groups excluding carboxylic acids is 3. The lowest BCUT2D eigenvalue weighted by molar-refractivity contribution is -0.130. The van der Waals surface area contributed by atoms with Crippen LogP contribution in [-0.4, -0.2) is 48.9 Å². The van der Waals surface area contributed by atoms with E-state index in [0.717, 1.165) is 25.7 Å². The van der Waals surface area contributed by atoms with Crippen LogP contribution in [0.5, 0.6) is 5.75 Å². The van der Waals surface area contributed by atoms with Crippen LogP contribution in [0.1, 0.15) is 38.5 Å². The molecular formula is C20H25N3O4. The smallest absolute Gasteiger partial charge is 0.264 e. The van der Waals surface area contributed by atoms with Gasteiger partial charge >= 0.3 is 0 Å². The van der Waals surface area contributed by atoms with Gasteiger partial charge < -0.3 is 19.9 Å². The van der Waals surface area contributed by atoms with E-state index in [2.05, 4.69) is 5.32 Å². The van der Waals surface area contributed by atoms with Crippen LogP contribution in [0.3, 0.4) is 0 Å². The summed E-state index contributed by atoms with van der Waals surface area (Å²) in [5.41, 5.74) is 1.18. The molecule has 1 N–H and O–H groups in total. The molecule has 7 nitrogen and oxygen atoms in total. The second-order valence-corrected chi connectivity index (χ2v) is 7.62. The van der Waals surface area contributed by atoms with Crippen molar-refractivity contribution in [1.29, 1.82) is 0 Å². The van der Waals surface area contributed by atoms with Gasteiger partial charge in [-0.15, -0.1) is 0 Å². The van der Waals surface area contributed by atoms with Gasteiger partial charge in [0.15, 0.2) is 12.4 Å². The van der Waals surface area contributed by atoms with Crippen molar-refractivity contribution >= 4 is 29.1 Å². The number of fused-ring (bicyclic) bond motifs is 1. The largest absolute Gasteiger partial charge is 0.479 e. The van der Waals surface area contributed by atoms with Gasteiger partial charge in [-0.2, -0.15) is 0 Å². The quantitative estimate of drug-likeness (QED) is 0.883. The first kappa shape index (κ1) is 17.8. The van der Waals surface area contributed by atoms with Gasteiger partial charge in [-0.05, 0) is 25.0 Å². The summed E-state index contributed by atoms with van der Waals surface area (Å²) in [6.07, 6.45) is 5.89. The number of hydrogen-bond donors (Lipinski definition) is 1. The van der Waals surface area contributed by atoms with Crippen LogP contribution in [0.25, 0.3) is 0 Å². The zero-order valence-corrected chi connectivity index (χ0v) is 15.6. The number of para-hydroxylation sites is 1. The minimum Gasteiger partial charge on any atom is -0.479 e. The fourth-order valence-electron chi connectivity index (χ4n) is 4.29. The molecule has 2 aliphatic heterocycles. The summed E-state index contributed by atoms with van der Waals surface area (Å²) < 4.78 is 5.55. The lowest BCUT2D eigenvalue weighted by Gasteiger charge is -2.31. The van der Waals surface area contributed by atoms with Gasteiger partial charge in [-0.25, -0.2) is 0 Å². The van der Waals surface area contributed by atoms with Crippen LogP contribution in [-0.2, 0) is 14.4 Å². The number of carbonyl (C=O) groups is 3. The SMILES string of the molecule is CN1C(=O)COc2c(NC(=O)C3CC(=O)N(C4CCCCC4)C3)cccc21. The molecule has 2 heterocycles. The first-order valence-electron chi connectivity index (χ1n) is 9.67. The van der Waals surface area contributed by atoms with E-state index in [1.165, 1.54) is 11.3 Å². The average molecular weight is 371 g/mol. The molecule has 1 saturated carbocycles. The molecule has 0 aromatic heterocycles. The summed E-state index contributed by atoms with van der Waals surface area (Å²) in [7, 11) is 1.69. The Kier molecular flexibility index (Phi) is 4.76. The van der Waals surface area contributed by atoms with Crippen LogP contribution in [0, 0.1) is 5.92 Å². The van der Waals surface area contributed by atoms with Crippen molar-refractivity contribution in [1.82, 2.24) is 4.90 Å². The zero-order valence-electron chi connectivity index (χ0n) is 15.6. The molecule has 0 bridgehead atoms. The van der Waals surface area contributed by atoms with Crippen molar-refractivity contribution in [3.63, 3.8) is 0 Å². The van der Waals surface area contributed by atoms with Crippen LogP contribution >= 0.6 is 0 Å². The summed E-state index contributed by atoms with van der Waals surface area (Å²) >= 11 is 0. The zero-order chi connectivity index (χ0) is 19.0. The summed E-state index contributed by atoms with van der Waals surface area (Å²) in [6, 6.07) is 5.61. The molecule has 27 heavy (non-hydrogen) atoms. The predicted octanol–water partition coefficient (Wildman–Crippen LogP) is 2.16. The Morgan fingerprint density at radius 2 is 1.93 bits per heavy atom. The molecule has 4 rings (SSSR count). The Bertz CT molecular complexity index is 772. The van der Waals surface area contributed by atoms with Gasteiger partial charge in [0.25, 0.3) is 5.91 Å². The van der Waals surface area contributed by atoms with Gasteiger partial charge in [0.1, 0.15) is 0 Å². The third-order valence-corrected chi connectivity index (χ3v) is 5.87. The van der Waals surface area contributed by atoms with Crippen molar-refractivity contribution in [2.45, 2.75) is 44.6 Å². The molecule has 1 saturated heterocycles. The standard InChI is InChI=1S/C20H25N3O4/c1-22-16-9-5-8-15(19(16)27-12-18(22)25)21-20(26)13-10-17(24)23(11-13)14-6-3-2-4-7-14/h5,8-9,13-14H,2-4,6-7,10-12H2,1H3,(H,21,26). The minimum atomic E-state index is -0.349. The number of hydrogen-bond acceptors (Lipinski definition) is 4. The van der Waals surface area contributed by atoms with E-state index in [4.69, 9.17) is 4.74 Å². The molecule has 2 fully saturated rings. The van der Waals surface area contributed by atoms with Crippen LogP contribution in [0.15, 0.2) is 18.2 Å². The topological polar surface area (TPSA) is 79.0 Å². The number of benzene rings is 1. The highest BCUT2D eigenvalue weighted by Gasteiger charge is 2.38. The van der Waals surface area contributed by atoms with Crippen LogP contribution < -0.4 is 15.0 Å². The molecule has 1 aromatic carbocycles. The summed E-state index contributed by atoms with van der Waals surface area (Å²) in [6.45, 7) is 0.442. The molecule has 1 unspecified atom stereocenters. The third-order valence-electron chi connectivity index (χ3n) is 5.87. The van der Waals surface area contributed by atoms with Crippen molar-refractivity contribution in [2.75, 3.05) is 30.4 Å². The van der Waals surface area contributed by atoms with Crippen molar-refractivity contribution in [3.05, 3.63) is 18.2 Å². The van der Waals surface area contributed by atoms with Gasteiger partial charge in [0.2, 0.25) is 11.8 Å². The first-order chi connectivity index (χ1) is 13.0. The minimum absolute atomic E-state index is 0.0479. The first-order valence-corrected chi connectivity index (χ1v) is 9.67. The molecule has 3 amide bonds. The molecule has 0 spiro atoms. The number of nitrogens with zero attached hydrogens (tertiary/aromatic N) is 2. The number of amides is 3. The molecule has 3 aliphatic rings. The molecule has 1 aromatic rings. The van der Waals surface area contributed by atoms with E-state index in [1.54, 1.807) is 25.2 Å². The molecule has 1 atom stereocenters. The summed E-state index contributed by atoms with van der Waals surface area (Å²) in [4.78, 5) is 40.5. The Hall–Kier alpha value is -2.57. The van der Waals surface area contributed by atoms with E-state index < -0.39 is 0 Å². The number of ether oxygens (including phenoxy) is 1. The fraction of sp³-hybridized carbons (Fsp3) is 0.550. The van der Waals surface area contributed by atoms with E-state index >= 15 is 0 Å². The predicted molar refractivity (Wildman–Crippen MR) is 101 cm³/mol. The lowest BCUT2D eigenvalue weighted by atomic mass is 9.94. The highest BCUT2D eigenvalue weighted by molar-refractivity contribution is 6.02. The normalized spacial score (nSPS) is 23.2.